The summed E-state index contributed by atoms with van der Waals surface area (Å²) >= 11 is 0. The topological polar surface area (TPSA) is 35.6 Å². The molecule has 0 spiro atoms. The Bertz CT molecular complexity index is 799. The van der Waals surface area contributed by atoms with Crippen molar-refractivity contribution in [2.45, 2.75) is 110 Å². The lowest BCUT2D eigenvalue weighted by atomic mass is 9.76. The molecule has 0 amide bonds. The number of hydrogen-bond donors (Lipinski definition) is 0. The zero-order chi connectivity index (χ0) is 21.1. The number of rotatable bonds is 4. The maximum atomic E-state index is 5.15. The molecule has 0 fully saturated rings. The second-order valence-corrected chi connectivity index (χ2v) is 11.0. The highest BCUT2D eigenvalue weighted by atomic mass is 15.5. The van der Waals surface area contributed by atoms with E-state index in [0.717, 1.165) is 0 Å². The number of fused-ring (bicyclic) bond motifs is 2. The number of hydrogen-bond acceptors (Lipinski definition) is 2. The van der Waals surface area contributed by atoms with Crippen molar-refractivity contribution in [2.75, 3.05) is 0 Å². The first-order valence-electron chi connectivity index (χ1n) is 11.8. The third kappa shape index (κ3) is 3.37. The van der Waals surface area contributed by atoms with Gasteiger partial charge in [0.1, 0.15) is 5.66 Å². The summed E-state index contributed by atoms with van der Waals surface area (Å²) in [5.74, 6) is 3.67. The molecule has 2 aromatic rings. The summed E-state index contributed by atoms with van der Waals surface area (Å²) in [6.45, 7) is 18.6. The fourth-order valence-electron chi connectivity index (χ4n) is 5.63. The fourth-order valence-corrected chi connectivity index (χ4v) is 5.63. The molecule has 0 saturated heterocycles. The van der Waals surface area contributed by atoms with Gasteiger partial charge in [-0.05, 0) is 74.3 Å². The molecule has 4 atom stereocenters. The van der Waals surface area contributed by atoms with Gasteiger partial charge in [0.05, 0.1) is 11.4 Å². The van der Waals surface area contributed by atoms with Crippen molar-refractivity contribution in [3.8, 4) is 0 Å². The number of nitrogens with zero attached hydrogens (tertiary/aromatic N) is 4. The van der Waals surface area contributed by atoms with Crippen molar-refractivity contribution < 1.29 is 0 Å². The predicted octanol–water partition coefficient (Wildman–Crippen LogP) is 6.59. The highest BCUT2D eigenvalue weighted by molar-refractivity contribution is 5.31. The van der Waals surface area contributed by atoms with Gasteiger partial charge in [-0.15, -0.1) is 0 Å². The van der Waals surface area contributed by atoms with Gasteiger partial charge in [0.15, 0.2) is 0 Å². The van der Waals surface area contributed by atoms with Gasteiger partial charge in [0.2, 0.25) is 0 Å². The van der Waals surface area contributed by atoms with Crippen LogP contribution in [0, 0.1) is 11.8 Å². The van der Waals surface area contributed by atoms with E-state index in [4.69, 9.17) is 10.2 Å². The van der Waals surface area contributed by atoms with E-state index >= 15 is 0 Å². The molecule has 2 aromatic heterocycles. The Balaban J connectivity index is 1.75. The maximum Gasteiger partial charge on any atom is 0.148 e. The lowest BCUT2D eigenvalue weighted by molar-refractivity contribution is 0.232. The molecular weight excluding hydrogens is 356 g/mol. The lowest BCUT2D eigenvalue weighted by Gasteiger charge is -2.28. The van der Waals surface area contributed by atoms with Crippen LogP contribution in [0.1, 0.15) is 127 Å². The van der Waals surface area contributed by atoms with Gasteiger partial charge < -0.3 is 0 Å². The second kappa shape index (κ2) is 7.28. The molecule has 0 unspecified atom stereocenters. The molecule has 0 bridgehead atoms. The van der Waals surface area contributed by atoms with Gasteiger partial charge in [-0.25, -0.2) is 9.36 Å². The summed E-state index contributed by atoms with van der Waals surface area (Å²) in [7, 11) is 0. The van der Waals surface area contributed by atoms with Crippen LogP contribution in [0.15, 0.2) is 12.4 Å². The minimum Gasteiger partial charge on any atom is -0.245 e. The fraction of sp³-hybridized carbons (Fsp3) is 0.760. The van der Waals surface area contributed by atoms with Crippen molar-refractivity contribution in [2.24, 2.45) is 11.8 Å². The van der Waals surface area contributed by atoms with Crippen LogP contribution in [0.4, 0.5) is 0 Å². The summed E-state index contributed by atoms with van der Waals surface area (Å²) in [5.41, 5.74) is 5.26. The molecule has 0 aliphatic heterocycles. The van der Waals surface area contributed by atoms with Crippen molar-refractivity contribution in [3.63, 3.8) is 0 Å². The molecule has 4 heteroatoms. The van der Waals surface area contributed by atoms with Crippen LogP contribution in [-0.4, -0.2) is 19.6 Å². The first-order valence-corrected chi connectivity index (χ1v) is 11.8. The van der Waals surface area contributed by atoms with E-state index in [2.05, 4.69) is 77.1 Å². The Labute approximate surface area is 177 Å². The van der Waals surface area contributed by atoms with Crippen LogP contribution < -0.4 is 0 Å². The average Bonchev–Trinajstić information content (AvgIpc) is 3.28. The van der Waals surface area contributed by atoms with Crippen LogP contribution in [0.2, 0.25) is 0 Å². The molecule has 0 radical (unpaired) electrons. The standard InChI is InChI=1S/C25H40N4/c1-15(2)19-11-9-17(5)23-21(19)13-28(26-23)25(7,8)29-14-22-20(16(3)4)12-10-18(6)24(22)27-29/h13-20H,9-12H2,1-8H3/t17-,18-,19-,20-/m1/s1. The summed E-state index contributed by atoms with van der Waals surface area (Å²) < 4.78 is 4.39. The van der Waals surface area contributed by atoms with E-state index in [0.29, 0.717) is 35.5 Å². The van der Waals surface area contributed by atoms with E-state index in [9.17, 15) is 0 Å². The Hall–Kier alpha value is -1.58. The molecule has 2 heterocycles. The van der Waals surface area contributed by atoms with Gasteiger partial charge >= 0.3 is 0 Å². The second-order valence-electron chi connectivity index (χ2n) is 11.0. The van der Waals surface area contributed by atoms with Crippen LogP contribution in [0.3, 0.4) is 0 Å². The van der Waals surface area contributed by atoms with Crippen molar-refractivity contribution in [3.05, 3.63) is 34.9 Å². The molecule has 29 heavy (non-hydrogen) atoms. The smallest absolute Gasteiger partial charge is 0.148 e. The van der Waals surface area contributed by atoms with E-state index < -0.39 is 0 Å². The van der Waals surface area contributed by atoms with Gasteiger partial charge in [-0.3, -0.25) is 0 Å². The van der Waals surface area contributed by atoms with Crippen LogP contribution in [0.25, 0.3) is 0 Å². The SMILES string of the molecule is CC(C)[C@H]1CC[C@@H](C)c2nn(C(C)(C)n3cc4c(n3)[C@H](C)CC[C@@H]4C(C)C)cc21. The first-order chi connectivity index (χ1) is 13.6. The Morgan fingerprint density at radius 2 is 1.14 bits per heavy atom. The van der Waals surface area contributed by atoms with Crippen molar-refractivity contribution in [1.82, 2.24) is 19.6 Å². The maximum absolute atomic E-state index is 5.15. The van der Waals surface area contributed by atoms with Crippen LogP contribution in [-0.2, 0) is 5.66 Å². The molecule has 0 aromatic carbocycles. The summed E-state index contributed by atoms with van der Waals surface area (Å²) in [6.07, 6.45) is 9.72. The third-order valence-corrected chi connectivity index (χ3v) is 7.83. The summed E-state index contributed by atoms with van der Waals surface area (Å²) in [4.78, 5) is 0. The monoisotopic (exact) mass is 396 g/mol. The molecule has 4 nitrogen and oxygen atoms in total. The molecule has 0 N–H and O–H groups in total. The minimum absolute atomic E-state index is 0.308. The first kappa shape index (κ1) is 20.7. The number of aromatic nitrogens is 4. The Morgan fingerprint density at radius 3 is 1.48 bits per heavy atom. The Kier molecular flexibility index (Phi) is 5.19. The molecular formula is C25H40N4. The largest absolute Gasteiger partial charge is 0.245 e. The zero-order valence-electron chi connectivity index (χ0n) is 19.7. The minimum atomic E-state index is -0.308. The van der Waals surface area contributed by atoms with E-state index in [1.165, 1.54) is 48.2 Å². The third-order valence-electron chi connectivity index (χ3n) is 7.83. The molecule has 0 saturated carbocycles. The molecule has 160 valence electrons. The molecule has 2 aliphatic carbocycles. The van der Waals surface area contributed by atoms with Crippen LogP contribution >= 0.6 is 0 Å². The van der Waals surface area contributed by atoms with Crippen molar-refractivity contribution >= 4 is 0 Å². The normalized spacial score (nSPS) is 27.4. The van der Waals surface area contributed by atoms with E-state index in [-0.39, 0.29) is 5.66 Å². The van der Waals surface area contributed by atoms with Gasteiger partial charge in [-0.1, -0.05) is 41.5 Å². The van der Waals surface area contributed by atoms with Gasteiger partial charge in [0.25, 0.3) is 0 Å². The lowest BCUT2D eigenvalue weighted by Crippen LogP contribution is -2.36. The van der Waals surface area contributed by atoms with E-state index in [1.807, 2.05) is 0 Å². The van der Waals surface area contributed by atoms with Gasteiger partial charge in [0, 0.05) is 24.2 Å². The molecule has 4 rings (SSSR count). The average molecular weight is 397 g/mol. The zero-order valence-corrected chi connectivity index (χ0v) is 19.7. The quantitative estimate of drug-likeness (QED) is 0.584. The predicted molar refractivity (Wildman–Crippen MR) is 120 cm³/mol. The molecule has 2 aliphatic rings. The van der Waals surface area contributed by atoms with Gasteiger partial charge in [-0.2, -0.15) is 10.2 Å². The summed E-state index contributed by atoms with van der Waals surface area (Å²) in [6, 6.07) is 0. The Morgan fingerprint density at radius 1 is 0.759 bits per heavy atom. The highest BCUT2D eigenvalue weighted by Gasteiger charge is 2.36. The highest BCUT2D eigenvalue weighted by Crippen LogP contribution is 2.44. The summed E-state index contributed by atoms with van der Waals surface area (Å²) in [5, 5.41) is 10.3. The van der Waals surface area contributed by atoms with Crippen molar-refractivity contribution in [1.29, 1.82) is 0 Å². The van der Waals surface area contributed by atoms with E-state index in [1.54, 1.807) is 0 Å². The van der Waals surface area contributed by atoms with Crippen LogP contribution in [0.5, 0.6) is 0 Å².